The van der Waals surface area contributed by atoms with E-state index in [2.05, 4.69) is 29.2 Å². The summed E-state index contributed by atoms with van der Waals surface area (Å²) in [5, 5.41) is 8.30. The van der Waals surface area contributed by atoms with Crippen molar-refractivity contribution in [2.75, 3.05) is 38.7 Å². The number of aromatic nitrogens is 3. The van der Waals surface area contributed by atoms with Gasteiger partial charge in [0.15, 0.2) is 5.65 Å². The summed E-state index contributed by atoms with van der Waals surface area (Å²) in [5.41, 5.74) is 4.48. The minimum atomic E-state index is -0.0631. The van der Waals surface area contributed by atoms with Crippen LogP contribution in [0.2, 0.25) is 0 Å². The van der Waals surface area contributed by atoms with Crippen molar-refractivity contribution < 1.29 is 14.3 Å². The Balaban J connectivity index is 1.67. The third-order valence-electron chi connectivity index (χ3n) is 6.04. The summed E-state index contributed by atoms with van der Waals surface area (Å²) in [6, 6.07) is 7.57. The van der Waals surface area contributed by atoms with E-state index in [1.165, 1.54) is 0 Å². The Bertz CT molecular complexity index is 1110. The molecule has 0 radical (unpaired) electrons. The number of nitrogens with zero attached hydrogens (tertiary/aromatic N) is 4. The van der Waals surface area contributed by atoms with Crippen molar-refractivity contribution in [1.29, 1.82) is 0 Å². The van der Waals surface area contributed by atoms with E-state index >= 15 is 0 Å². The Labute approximate surface area is 195 Å². The monoisotopic (exact) mass is 453 g/mol. The lowest BCUT2D eigenvalue weighted by molar-refractivity contribution is -0.116. The predicted molar refractivity (Wildman–Crippen MR) is 131 cm³/mol. The number of ether oxygens (including phenoxy) is 2. The summed E-state index contributed by atoms with van der Waals surface area (Å²) in [6.45, 7) is 11.7. The lowest BCUT2D eigenvalue weighted by atomic mass is 10.00. The molecule has 3 aromatic rings. The largest absolute Gasteiger partial charge is 0.490 e. The lowest BCUT2D eigenvalue weighted by Crippen LogP contribution is -2.28. The number of benzene rings is 1. The Morgan fingerprint density at radius 1 is 1.18 bits per heavy atom. The molecule has 0 atom stereocenters. The normalized spacial score (nSPS) is 11.2. The maximum Gasteiger partial charge on any atom is 0.242 e. The van der Waals surface area contributed by atoms with Gasteiger partial charge in [-0.3, -0.25) is 4.79 Å². The average molecular weight is 454 g/mol. The van der Waals surface area contributed by atoms with Crippen molar-refractivity contribution in [3.05, 3.63) is 41.1 Å². The van der Waals surface area contributed by atoms with Gasteiger partial charge in [-0.2, -0.15) is 0 Å². The third-order valence-corrected chi connectivity index (χ3v) is 6.04. The van der Waals surface area contributed by atoms with Crippen molar-refractivity contribution in [1.82, 2.24) is 19.7 Å². The number of pyridine rings is 1. The van der Waals surface area contributed by atoms with Gasteiger partial charge in [0.2, 0.25) is 11.8 Å². The fourth-order valence-electron chi connectivity index (χ4n) is 4.08. The molecule has 2 aromatic heterocycles. The summed E-state index contributed by atoms with van der Waals surface area (Å²) < 4.78 is 13.1. The number of anilines is 1. The lowest BCUT2D eigenvalue weighted by Gasteiger charge is -2.19. The molecule has 0 bridgehead atoms. The van der Waals surface area contributed by atoms with E-state index < -0.39 is 0 Å². The molecule has 3 rings (SSSR count). The van der Waals surface area contributed by atoms with E-state index in [0.717, 1.165) is 47.5 Å². The first-order chi connectivity index (χ1) is 15.9. The highest BCUT2D eigenvalue weighted by Gasteiger charge is 2.19. The van der Waals surface area contributed by atoms with Crippen molar-refractivity contribution in [3.63, 3.8) is 0 Å². The topological polar surface area (TPSA) is 81.5 Å². The zero-order valence-corrected chi connectivity index (χ0v) is 20.6. The molecular formula is C25H35N5O3. The van der Waals surface area contributed by atoms with Crippen molar-refractivity contribution >= 4 is 22.6 Å². The Morgan fingerprint density at radius 2 is 1.91 bits per heavy atom. The number of para-hydroxylation sites is 2. The summed E-state index contributed by atoms with van der Waals surface area (Å²) in [4.78, 5) is 19.8. The number of carbonyl (C=O) groups is 1. The SMILES string of the molecule is CCN(CC)CCOc1ccccc1NC(=O)CCc1c(C)nc2c(c(OC)nn2C)c1C. The van der Waals surface area contributed by atoms with Gasteiger partial charge in [-0.05, 0) is 56.6 Å². The van der Waals surface area contributed by atoms with Crippen LogP contribution in [-0.4, -0.2) is 58.9 Å². The number of hydrogen-bond acceptors (Lipinski definition) is 6. The minimum Gasteiger partial charge on any atom is -0.490 e. The van der Waals surface area contributed by atoms with Crippen LogP contribution in [0.5, 0.6) is 11.6 Å². The van der Waals surface area contributed by atoms with Crippen LogP contribution in [0.3, 0.4) is 0 Å². The zero-order chi connectivity index (χ0) is 24.0. The zero-order valence-electron chi connectivity index (χ0n) is 20.6. The second-order valence-electron chi connectivity index (χ2n) is 8.05. The number of nitrogens with one attached hydrogen (secondary N) is 1. The molecule has 178 valence electrons. The van der Waals surface area contributed by atoms with E-state index in [1.54, 1.807) is 11.8 Å². The van der Waals surface area contributed by atoms with Gasteiger partial charge in [-0.25, -0.2) is 9.67 Å². The molecule has 0 spiro atoms. The average Bonchev–Trinajstić information content (AvgIpc) is 3.13. The summed E-state index contributed by atoms with van der Waals surface area (Å²) in [7, 11) is 3.46. The molecule has 0 aliphatic heterocycles. The van der Waals surface area contributed by atoms with Gasteiger partial charge in [0.25, 0.3) is 0 Å². The number of likely N-dealkylation sites (N-methyl/N-ethyl adjacent to an activating group) is 1. The van der Waals surface area contributed by atoms with E-state index in [0.29, 0.717) is 36.8 Å². The van der Waals surface area contributed by atoms with Crippen LogP contribution in [0.4, 0.5) is 5.69 Å². The summed E-state index contributed by atoms with van der Waals surface area (Å²) >= 11 is 0. The molecule has 8 nitrogen and oxygen atoms in total. The third kappa shape index (κ3) is 5.63. The highest BCUT2D eigenvalue weighted by atomic mass is 16.5. The molecule has 8 heteroatoms. The van der Waals surface area contributed by atoms with Gasteiger partial charge >= 0.3 is 0 Å². The molecule has 0 aliphatic rings. The molecule has 0 aliphatic carbocycles. The van der Waals surface area contributed by atoms with Crippen LogP contribution in [0.25, 0.3) is 11.0 Å². The molecule has 0 saturated carbocycles. The number of methoxy groups -OCH3 is 1. The molecule has 0 unspecified atom stereocenters. The molecular weight excluding hydrogens is 418 g/mol. The van der Waals surface area contributed by atoms with Crippen LogP contribution in [0, 0.1) is 13.8 Å². The first-order valence-corrected chi connectivity index (χ1v) is 11.5. The highest BCUT2D eigenvalue weighted by Crippen LogP contribution is 2.30. The van der Waals surface area contributed by atoms with Gasteiger partial charge < -0.3 is 19.7 Å². The molecule has 1 N–H and O–H groups in total. The van der Waals surface area contributed by atoms with Crippen molar-refractivity contribution in [2.24, 2.45) is 7.05 Å². The molecule has 33 heavy (non-hydrogen) atoms. The minimum absolute atomic E-state index is 0.0631. The fraction of sp³-hybridized carbons (Fsp3) is 0.480. The maximum atomic E-state index is 12.8. The molecule has 1 aromatic carbocycles. The van der Waals surface area contributed by atoms with Crippen molar-refractivity contribution in [3.8, 4) is 11.6 Å². The van der Waals surface area contributed by atoms with Crippen LogP contribution < -0.4 is 14.8 Å². The second-order valence-corrected chi connectivity index (χ2v) is 8.05. The van der Waals surface area contributed by atoms with E-state index in [1.807, 2.05) is 45.2 Å². The number of hydrogen-bond donors (Lipinski definition) is 1. The molecule has 0 fully saturated rings. The first-order valence-electron chi connectivity index (χ1n) is 11.5. The van der Waals surface area contributed by atoms with Crippen LogP contribution in [0.15, 0.2) is 24.3 Å². The predicted octanol–water partition coefficient (Wildman–Crippen LogP) is 3.89. The Morgan fingerprint density at radius 3 is 2.61 bits per heavy atom. The van der Waals surface area contributed by atoms with Crippen LogP contribution in [0.1, 0.15) is 37.1 Å². The standard InChI is InChI=1S/C25H35N5O3/c1-7-30(8-2)15-16-33-21-12-10-9-11-20(21)27-22(31)14-13-19-17(3)23-24(26-18(19)4)29(5)28-25(23)32-6/h9-12H,7-8,13-16H2,1-6H3,(H,27,31). The second kappa shape index (κ2) is 11.1. The number of fused-ring (bicyclic) bond motifs is 1. The van der Waals surface area contributed by atoms with Gasteiger partial charge in [-0.15, -0.1) is 5.10 Å². The molecule has 2 heterocycles. The number of rotatable bonds is 11. The van der Waals surface area contributed by atoms with Crippen molar-refractivity contribution in [2.45, 2.75) is 40.5 Å². The number of aryl methyl sites for hydroxylation is 3. The fourth-order valence-corrected chi connectivity index (χ4v) is 4.08. The maximum absolute atomic E-state index is 12.8. The van der Waals surface area contributed by atoms with Gasteiger partial charge in [0, 0.05) is 25.7 Å². The Kier molecular flexibility index (Phi) is 8.27. The highest BCUT2D eigenvalue weighted by molar-refractivity contribution is 5.92. The van der Waals surface area contributed by atoms with Crippen LogP contribution in [-0.2, 0) is 18.3 Å². The molecule has 1 amide bonds. The van der Waals surface area contributed by atoms with Gasteiger partial charge in [-0.1, -0.05) is 26.0 Å². The number of amides is 1. The van der Waals surface area contributed by atoms with Gasteiger partial charge in [0.05, 0.1) is 18.2 Å². The molecule has 0 saturated heterocycles. The summed E-state index contributed by atoms with van der Waals surface area (Å²) in [6.07, 6.45) is 0.917. The van der Waals surface area contributed by atoms with E-state index in [-0.39, 0.29) is 5.91 Å². The van der Waals surface area contributed by atoms with Crippen LogP contribution >= 0.6 is 0 Å². The quantitative estimate of drug-likeness (QED) is 0.474. The van der Waals surface area contributed by atoms with E-state index in [4.69, 9.17) is 14.5 Å². The number of carbonyl (C=O) groups excluding carboxylic acids is 1. The van der Waals surface area contributed by atoms with E-state index in [9.17, 15) is 4.79 Å². The summed E-state index contributed by atoms with van der Waals surface area (Å²) in [5.74, 6) is 1.18. The smallest absolute Gasteiger partial charge is 0.242 e. The van der Waals surface area contributed by atoms with Gasteiger partial charge in [0.1, 0.15) is 12.4 Å². The first kappa shape index (κ1) is 24.5. The Hall–Kier alpha value is -3.13.